The van der Waals surface area contributed by atoms with Gasteiger partial charge >= 0.3 is 0 Å². The predicted molar refractivity (Wildman–Crippen MR) is 115 cm³/mol. The second-order valence-corrected chi connectivity index (χ2v) is 7.83. The van der Waals surface area contributed by atoms with Gasteiger partial charge in [0.1, 0.15) is 6.33 Å². The topological polar surface area (TPSA) is 46.9 Å². The lowest BCUT2D eigenvalue weighted by Gasteiger charge is -2.42. The van der Waals surface area contributed by atoms with E-state index in [0.717, 1.165) is 29.6 Å². The highest BCUT2D eigenvalue weighted by atomic mass is 16.1. The average Bonchev–Trinajstić information content (AvgIpc) is 3.18. The standard InChI is InChI=1S/C25H23N3O/c29-24(26-17-25(15-6-16-25)20-7-2-1-3-8-20)19-11-13-21(14-12-19)28-18-27-22-9-4-5-10-23(22)28/h1-5,7-14,18H,6,15-17H2,(H,26,29). The molecule has 144 valence electrons. The highest BCUT2D eigenvalue weighted by Crippen LogP contribution is 2.43. The molecule has 0 saturated heterocycles. The van der Waals surface area contributed by atoms with Gasteiger partial charge in [0.2, 0.25) is 0 Å². The first-order valence-corrected chi connectivity index (χ1v) is 10.1. The Labute approximate surface area is 170 Å². The molecule has 0 atom stereocenters. The number of hydrogen-bond donors (Lipinski definition) is 1. The molecule has 0 radical (unpaired) electrons. The maximum atomic E-state index is 12.7. The Bertz CT molecular complexity index is 1140. The zero-order valence-corrected chi connectivity index (χ0v) is 16.2. The quantitative estimate of drug-likeness (QED) is 0.536. The van der Waals surface area contributed by atoms with Crippen LogP contribution in [-0.4, -0.2) is 22.0 Å². The van der Waals surface area contributed by atoms with Crippen LogP contribution in [0, 0.1) is 0 Å². The molecule has 1 heterocycles. The zero-order chi connectivity index (χ0) is 19.7. The third-order valence-corrected chi connectivity index (χ3v) is 6.15. The number of rotatable bonds is 5. The Balaban J connectivity index is 1.31. The molecule has 0 spiro atoms. The molecule has 1 N–H and O–H groups in total. The molecule has 1 aliphatic rings. The minimum atomic E-state index is -0.0192. The van der Waals surface area contributed by atoms with Gasteiger partial charge < -0.3 is 5.32 Å². The Hall–Kier alpha value is -3.40. The summed E-state index contributed by atoms with van der Waals surface area (Å²) in [6.07, 6.45) is 5.30. The second kappa shape index (κ2) is 7.21. The number of nitrogens with one attached hydrogen (secondary N) is 1. The molecule has 4 nitrogen and oxygen atoms in total. The summed E-state index contributed by atoms with van der Waals surface area (Å²) in [6.45, 7) is 0.684. The van der Waals surface area contributed by atoms with Crippen molar-refractivity contribution in [1.29, 1.82) is 0 Å². The van der Waals surface area contributed by atoms with Crippen molar-refractivity contribution >= 4 is 16.9 Å². The molecule has 5 rings (SSSR count). The summed E-state index contributed by atoms with van der Waals surface area (Å²) in [7, 11) is 0. The molecule has 0 bridgehead atoms. The number of nitrogens with zero attached hydrogens (tertiary/aromatic N) is 2. The first-order chi connectivity index (χ1) is 14.3. The van der Waals surface area contributed by atoms with Gasteiger partial charge in [0.05, 0.1) is 11.0 Å². The van der Waals surface area contributed by atoms with Crippen molar-refractivity contribution in [1.82, 2.24) is 14.9 Å². The van der Waals surface area contributed by atoms with Crippen LogP contribution in [0.1, 0.15) is 35.2 Å². The van der Waals surface area contributed by atoms with E-state index in [9.17, 15) is 4.79 Å². The van der Waals surface area contributed by atoms with E-state index >= 15 is 0 Å². The summed E-state index contributed by atoms with van der Waals surface area (Å²) >= 11 is 0. The van der Waals surface area contributed by atoms with Crippen molar-refractivity contribution in [2.24, 2.45) is 0 Å². The van der Waals surface area contributed by atoms with Crippen molar-refractivity contribution < 1.29 is 4.79 Å². The lowest BCUT2D eigenvalue weighted by atomic mass is 9.64. The number of benzene rings is 3. The largest absolute Gasteiger partial charge is 0.351 e. The lowest BCUT2D eigenvalue weighted by Crippen LogP contribution is -2.45. The minimum Gasteiger partial charge on any atom is -0.351 e. The van der Waals surface area contributed by atoms with Gasteiger partial charge in [-0.2, -0.15) is 0 Å². The number of para-hydroxylation sites is 2. The summed E-state index contributed by atoms with van der Waals surface area (Å²) in [5, 5.41) is 3.17. The van der Waals surface area contributed by atoms with Crippen molar-refractivity contribution in [3.8, 4) is 5.69 Å². The van der Waals surface area contributed by atoms with E-state index in [-0.39, 0.29) is 11.3 Å². The fraction of sp³-hybridized carbons (Fsp3) is 0.200. The number of carbonyl (C=O) groups excluding carboxylic acids is 1. The average molecular weight is 381 g/mol. The van der Waals surface area contributed by atoms with Gasteiger partial charge in [-0.25, -0.2) is 4.98 Å². The van der Waals surface area contributed by atoms with Crippen LogP contribution in [0.3, 0.4) is 0 Å². The second-order valence-electron chi connectivity index (χ2n) is 7.83. The van der Waals surface area contributed by atoms with Crippen molar-refractivity contribution in [3.63, 3.8) is 0 Å². The minimum absolute atomic E-state index is 0.0192. The Morgan fingerprint density at radius 3 is 2.38 bits per heavy atom. The first-order valence-electron chi connectivity index (χ1n) is 10.1. The molecule has 0 aliphatic heterocycles. The van der Waals surface area contributed by atoms with Crippen LogP contribution < -0.4 is 5.32 Å². The Kier molecular flexibility index (Phi) is 4.39. The third kappa shape index (κ3) is 3.21. The highest BCUT2D eigenvalue weighted by molar-refractivity contribution is 5.94. The number of fused-ring (bicyclic) bond motifs is 1. The van der Waals surface area contributed by atoms with E-state index in [1.165, 1.54) is 12.0 Å². The monoisotopic (exact) mass is 381 g/mol. The van der Waals surface area contributed by atoms with Gasteiger partial charge in [-0.05, 0) is 54.8 Å². The molecular weight excluding hydrogens is 358 g/mol. The zero-order valence-electron chi connectivity index (χ0n) is 16.2. The number of aromatic nitrogens is 2. The normalized spacial score (nSPS) is 15.0. The molecule has 0 unspecified atom stereocenters. The molecule has 4 heteroatoms. The Morgan fingerprint density at radius 2 is 1.66 bits per heavy atom. The van der Waals surface area contributed by atoms with E-state index in [1.54, 1.807) is 0 Å². The molecule has 3 aromatic carbocycles. The van der Waals surface area contributed by atoms with E-state index < -0.39 is 0 Å². The molecular formula is C25H23N3O. The third-order valence-electron chi connectivity index (χ3n) is 6.15. The van der Waals surface area contributed by atoms with E-state index in [2.05, 4.69) is 34.6 Å². The van der Waals surface area contributed by atoms with Gasteiger partial charge in [0, 0.05) is 23.2 Å². The van der Waals surface area contributed by atoms with Gasteiger partial charge in [-0.3, -0.25) is 9.36 Å². The van der Waals surface area contributed by atoms with Crippen LogP contribution in [0.5, 0.6) is 0 Å². The van der Waals surface area contributed by atoms with Crippen LogP contribution in [-0.2, 0) is 5.41 Å². The van der Waals surface area contributed by atoms with Crippen molar-refractivity contribution in [2.75, 3.05) is 6.54 Å². The molecule has 1 saturated carbocycles. The first kappa shape index (κ1) is 17.7. The van der Waals surface area contributed by atoms with E-state index in [0.29, 0.717) is 12.1 Å². The lowest BCUT2D eigenvalue weighted by molar-refractivity contribution is 0.0928. The van der Waals surface area contributed by atoms with Crippen molar-refractivity contribution in [3.05, 3.63) is 96.3 Å². The number of amides is 1. The van der Waals surface area contributed by atoms with Crippen LogP contribution >= 0.6 is 0 Å². The molecule has 1 aromatic heterocycles. The van der Waals surface area contributed by atoms with Crippen LogP contribution in [0.4, 0.5) is 0 Å². The number of hydrogen-bond acceptors (Lipinski definition) is 2. The Morgan fingerprint density at radius 1 is 0.931 bits per heavy atom. The van der Waals surface area contributed by atoms with Crippen LogP contribution in [0.25, 0.3) is 16.7 Å². The SMILES string of the molecule is O=C(NCC1(c2ccccc2)CCC1)c1ccc(-n2cnc3ccccc32)cc1. The van der Waals surface area contributed by atoms with Gasteiger partial charge in [0.15, 0.2) is 0 Å². The molecule has 4 aromatic rings. The van der Waals surface area contributed by atoms with E-state index in [4.69, 9.17) is 0 Å². The molecule has 1 fully saturated rings. The number of carbonyl (C=O) groups is 1. The smallest absolute Gasteiger partial charge is 0.251 e. The summed E-state index contributed by atoms with van der Waals surface area (Å²) in [5.41, 5.74) is 5.11. The van der Waals surface area contributed by atoms with E-state index in [1.807, 2.05) is 65.5 Å². The summed E-state index contributed by atoms with van der Waals surface area (Å²) < 4.78 is 2.04. The highest BCUT2D eigenvalue weighted by Gasteiger charge is 2.38. The van der Waals surface area contributed by atoms with Gasteiger partial charge in [0.25, 0.3) is 5.91 Å². The molecule has 1 amide bonds. The van der Waals surface area contributed by atoms with Crippen molar-refractivity contribution in [2.45, 2.75) is 24.7 Å². The summed E-state index contributed by atoms with van der Waals surface area (Å²) in [4.78, 5) is 17.2. The maximum Gasteiger partial charge on any atom is 0.251 e. The molecule has 1 aliphatic carbocycles. The fourth-order valence-electron chi connectivity index (χ4n) is 4.25. The summed E-state index contributed by atoms with van der Waals surface area (Å²) in [5.74, 6) is -0.0192. The number of imidazole rings is 1. The van der Waals surface area contributed by atoms with Gasteiger partial charge in [-0.1, -0.05) is 48.9 Å². The summed E-state index contributed by atoms with van der Waals surface area (Å²) in [6, 6.07) is 26.3. The van der Waals surface area contributed by atoms with Crippen LogP contribution in [0.2, 0.25) is 0 Å². The van der Waals surface area contributed by atoms with Crippen LogP contribution in [0.15, 0.2) is 85.2 Å². The predicted octanol–water partition coefficient (Wildman–Crippen LogP) is 4.88. The maximum absolute atomic E-state index is 12.7. The molecule has 29 heavy (non-hydrogen) atoms. The fourth-order valence-corrected chi connectivity index (χ4v) is 4.25. The van der Waals surface area contributed by atoms with Gasteiger partial charge in [-0.15, -0.1) is 0 Å².